The van der Waals surface area contributed by atoms with Crippen LogP contribution in [-0.2, 0) is 18.8 Å². The van der Waals surface area contributed by atoms with Crippen LogP contribution in [0.5, 0.6) is 0 Å². The minimum atomic E-state index is -0.231. The molecule has 0 amide bonds. The van der Waals surface area contributed by atoms with Crippen molar-refractivity contribution in [3.8, 4) is 0 Å². The van der Waals surface area contributed by atoms with Crippen LogP contribution < -0.4 is 0 Å². The first-order valence-electron chi connectivity index (χ1n) is 6.48. The summed E-state index contributed by atoms with van der Waals surface area (Å²) in [5, 5.41) is 0.540. The topological polar surface area (TPSA) is 30.7 Å². The highest BCUT2D eigenvalue weighted by Crippen LogP contribution is 2.20. The number of nitrogens with zero attached hydrogens (tertiary/aromatic N) is 3. The van der Waals surface area contributed by atoms with Crippen LogP contribution in [0, 0.1) is 5.82 Å². The van der Waals surface area contributed by atoms with Crippen LogP contribution in [0.3, 0.4) is 0 Å². The van der Waals surface area contributed by atoms with Gasteiger partial charge in [-0.25, -0.2) is 14.4 Å². The number of imidazole rings is 1. The van der Waals surface area contributed by atoms with E-state index in [4.69, 9.17) is 23.2 Å². The fourth-order valence-corrected chi connectivity index (χ4v) is 2.66. The normalized spacial score (nSPS) is 11.2. The van der Waals surface area contributed by atoms with E-state index in [1.165, 1.54) is 12.1 Å². The lowest BCUT2D eigenvalue weighted by molar-refractivity contribution is 0.621. The Kier molecular flexibility index (Phi) is 4.08. The lowest BCUT2D eigenvalue weighted by Gasteiger charge is -2.07. The predicted molar refractivity (Wildman–Crippen MR) is 82.2 cm³/mol. The van der Waals surface area contributed by atoms with Gasteiger partial charge in [0.2, 0.25) is 0 Å². The highest BCUT2D eigenvalue weighted by atomic mass is 35.5. The number of hydrogen-bond acceptors (Lipinski definition) is 2. The molecular formula is C15H12Cl2FN3. The zero-order valence-electron chi connectivity index (χ0n) is 11.1. The predicted octanol–water partition coefficient (Wildman–Crippen LogP) is 4.21. The van der Waals surface area contributed by atoms with Crippen molar-refractivity contribution in [1.82, 2.24) is 14.5 Å². The number of hydrogen-bond donors (Lipinski definition) is 0. The Morgan fingerprint density at radius 3 is 2.86 bits per heavy atom. The zero-order chi connectivity index (χ0) is 14.8. The van der Waals surface area contributed by atoms with Crippen LogP contribution in [0.15, 0.2) is 36.5 Å². The summed E-state index contributed by atoms with van der Waals surface area (Å²) in [6.45, 7) is 0.636. The summed E-state index contributed by atoms with van der Waals surface area (Å²) >= 11 is 11.9. The first-order valence-corrected chi connectivity index (χ1v) is 7.39. The number of alkyl halides is 1. The van der Waals surface area contributed by atoms with Gasteiger partial charge in [0.25, 0.3) is 0 Å². The molecule has 0 aliphatic carbocycles. The van der Waals surface area contributed by atoms with Gasteiger partial charge in [0.1, 0.15) is 17.2 Å². The molecule has 3 rings (SSSR count). The number of benzene rings is 1. The molecule has 0 fully saturated rings. The van der Waals surface area contributed by atoms with Crippen LogP contribution in [-0.4, -0.2) is 14.5 Å². The number of aromatic nitrogens is 3. The Hall–Kier alpha value is -1.65. The Balaban J connectivity index is 1.92. The third kappa shape index (κ3) is 3.01. The van der Waals surface area contributed by atoms with Crippen molar-refractivity contribution in [2.75, 3.05) is 0 Å². The molecule has 1 aromatic carbocycles. The smallest absolute Gasteiger partial charge is 0.160 e. The minimum Gasteiger partial charge on any atom is -0.311 e. The fourth-order valence-electron chi connectivity index (χ4n) is 2.30. The van der Waals surface area contributed by atoms with E-state index in [1.807, 2.05) is 10.6 Å². The van der Waals surface area contributed by atoms with E-state index in [9.17, 15) is 4.39 Å². The Morgan fingerprint density at radius 2 is 2.10 bits per heavy atom. The van der Waals surface area contributed by atoms with E-state index < -0.39 is 0 Å². The Bertz CT molecular complexity index is 786. The van der Waals surface area contributed by atoms with Crippen LogP contribution in [0.4, 0.5) is 4.39 Å². The molecule has 0 N–H and O–H groups in total. The largest absolute Gasteiger partial charge is 0.311 e. The summed E-state index contributed by atoms with van der Waals surface area (Å²) in [6.07, 6.45) is 2.26. The van der Waals surface area contributed by atoms with Gasteiger partial charge in [-0.2, -0.15) is 0 Å². The van der Waals surface area contributed by atoms with Crippen LogP contribution in [0.1, 0.15) is 11.4 Å². The summed E-state index contributed by atoms with van der Waals surface area (Å²) in [4.78, 5) is 8.75. The number of fused-ring (bicyclic) bond motifs is 1. The van der Waals surface area contributed by atoms with Crippen LogP contribution >= 0.6 is 23.2 Å². The average Bonchev–Trinajstić information content (AvgIpc) is 2.82. The third-order valence-corrected chi connectivity index (χ3v) is 3.71. The summed E-state index contributed by atoms with van der Waals surface area (Å²) in [5.74, 6) is 0.792. The second kappa shape index (κ2) is 6.00. The molecule has 0 aliphatic rings. The van der Waals surface area contributed by atoms with Crippen molar-refractivity contribution in [3.63, 3.8) is 0 Å². The fraction of sp³-hybridized carbons (Fsp3) is 0.200. The molecule has 108 valence electrons. The van der Waals surface area contributed by atoms with Crippen molar-refractivity contribution in [2.24, 2.45) is 0 Å². The molecule has 2 heterocycles. The van der Waals surface area contributed by atoms with Crippen molar-refractivity contribution in [1.29, 1.82) is 0 Å². The van der Waals surface area contributed by atoms with Crippen LogP contribution in [0.25, 0.3) is 11.2 Å². The Labute approximate surface area is 131 Å². The number of halogens is 3. The van der Waals surface area contributed by atoms with E-state index in [0.717, 1.165) is 22.6 Å². The molecule has 0 radical (unpaired) electrons. The number of rotatable bonds is 4. The number of pyridine rings is 1. The second-order valence-electron chi connectivity index (χ2n) is 4.69. The monoisotopic (exact) mass is 323 g/mol. The molecule has 2 aromatic heterocycles. The van der Waals surface area contributed by atoms with Crippen molar-refractivity contribution >= 4 is 34.4 Å². The standard InChI is InChI=1S/C15H12Cl2FN3/c16-8-14-20-13-7-11(17)9-19-15(13)21(14)5-4-10-2-1-3-12(18)6-10/h1-3,6-7,9H,4-5,8H2. The summed E-state index contributed by atoms with van der Waals surface area (Å²) in [6, 6.07) is 8.33. The number of aryl methyl sites for hydroxylation is 2. The molecule has 3 nitrogen and oxygen atoms in total. The van der Waals surface area contributed by atoms with E-state index >= 15 is 0 Å². The molecule has 21 heavy (non-hydrogen) atoms. The third-order valence-electron chi connectivity index (χ3n) is 3.26. The molecule has 3 aromatic rings. The summed E-state index contributed by atoms with van der Waals surface area (Å²) in [7, 11) is 0. The second-order valence-corrected chi connectivity index (χ2v) is 5.39. The highest BCUT2D eigenvalue weighted by molar-refractivity contribution is 6.31. The summed E-state index contributed by atoms with van der Waals surface area (Å²) < 4.78 is 15.2. The zero-order valence-corrected chi connectivity index (χ0v) is 12.6. The van der Waals surface area contributed by atoms with Gasteiger partial charge in [0.05, 0.1) is 10.9 Å². The maximum Gasteiger partial charge on any atom is 0.160 e. The lowest BCUT2D eigenvalue weighted by Crippen LogP contribution is -2.06. The van der Waals surface area contributed by atoms with Gasteiger partial charge >= 0.3 is 0 Å². The van der Waals surface area contributed by atoms with E-state index in [-0.39, 0.29) is 11.7 Å². The van der Waals surface area contributed by atoms with Crippen LogP contribution in [0.2, 0.25) is 5.02 Å². The van der Waals surface area contributed by atoms with Gasteiger partial charge in [-0.15, -0.1) is 11.6 Å². The molecule has 0 bridgehead atoms. The SMILES string of the molecule is Fc1cccc(CCn2c(CCl)nc3cc(Cl)cnc32)c1. The van der Waals surface area contributed by atoms with Gasteiger partial charge in [-0.1, -0.05) is 23.7 Å². The van der Waals surface area contributed by atoms with E-state index in [0.29, 0.717) is 18.0 Å². The molecule has 6 heteroatoms. The lowest BCUT2D eigenvalue weighted by atomic mass is 10.1. The first-order chi connectivity index (χ1) is 10.2. The average molecular weight is 324 g/mol. The minimum absolute atomic E-state index is 0.231. The van der Waals surface area contributed by atoms with Crippen molar-refractivity contribution < 1.29 is 4.39 Å². The molecule has 0 atom stereocenters. The molecule has 0 unspecified atom stereocenters. The molecule has 0 aliphatic heterocycles. The maximum atomic E-state index is 13.2. The van der Waals surface area contributed by atoms with Gasteiger partial charge < -0.3 is 4.57 Å². The van der Waals surface area contributed by atoms with Gasteiger partial charge in [-0.05, 0) is 30.2 Å². The Morgan fingerprint density at radius 1 is 1.24 bits per heavy atom. The van der Waals surface area contributed by atoms with Gasteiger partial charge in [-0.3, -0.25) is 0 Å². The summed E-state index contributed by atoms with van der Waals surface area (Å²) in [5.41, 5.74) is 2.38. The first kappa shape index (κ1) is 14.3. The van der Waals surface area contributed by atoms with E-state index in [1.54, 1.807) is 18.3 Å². The van der Waals surface area contributed by atoms with Crippen molar-refractivity contribution in [2.45, 2.75) is 18.8 Å². The molecule has 0 spiro atoms. The maximum absolute atomic E-state index is 13.2. The van der Waals surface area contributed by atoms with Gasteiger partial charge in [0, 0.05) is 12.7 Å². The van der Waals surface area contributed by atoms with Crippen molar-refractivity contribution in [3.05, 3.63) is 58.8 Å². The molecular weight excluding hydrogens is 312 g/mol. The van der Waals surface area contributed by atoms with Gasteiger partial charge in [0.15, 0.2) is 5.65 Å². The quantitative estimate of drug-likeness (QED) is 0.673. The molecule has 0 saturated carbocycles. The molecule has 0 saturated heterocycles. The van der Waals surface area contributed by atoms with E-state index in [2.05, 4.69) is 9.97 Å². The highest BCUT2D eigenvalue weighted by Gasteiger charge is 2.11.